The Bertz CT molecular complexity index is 470. The number of nitrogens with zero attached hydrogens (tertiary/aromatic N) is 1. The van der Waals surface area contributed by atoms with E-state index in [0.29, 0.717) is 6.04 Å². The van der Waals surface area contributed by atoms with E-state index >= 15 is 0 Å². The van der Waals surface area contributed by atoms with Gasteiger partial charge in [0.05, 0.1) is 11.8 Å². The molecule has 0 heterocycles. The second-order valence-corrected chi connectivity index (χ2v) is 6.96. The highest BCUT2D eigenvalue weighted by molar-refractivity contribution is 9.10. The molecule has 1 unspecified atom stereocenters. The molecule has 0 spiro atoms. The highest BCUT2D eigenvalue weighted by Gasteiger charge is 2.21. The molecular formula is C17H27BrN2O. The molecule has 0 aromatic heterocycles. The van der Waals surface area contributed by atoms with Gasteiger partial charge in [-0.25, -0.2) is 0 Å². The first-order valence-corrected chi connectivity index (χ1v) is 8.82. The summed E-state index contributed by atoms with van der Waals surface area (Å²) in [5.74, 6) is 0. The van der Waals surface area contributed by atoms with Crippen LogP contribution in [0.25, 0.3) is 0 Å². The molecule has 0 radical (unpaired) electrons. The van der Waals surface area contributed by atoms with E-state index in [1.807, 2.05) is 6.07 Å². The fourth-order valence-electron chi connectivity index (χ4n) is 3.23. The summed E-state index contributed by atoms with van der Waals surface area (Å²) in [5.41, 5.74) is 9.07. The zero-order chi connectivity index (χ0) is 15.4. The summed E-state index contributed by atoms with van der Waals surface area (Å²) in [7, 11) is 0. The number of aliphatic hydroxyl groups excluding tert-OH is 1. The van der Waals surface area contributed by atoms with Crippen LogP contribution in [0.15, 0.2) is 16.6 Å². The van der Waals surface area contributed by atoms with E-state index in [1.165, 1.54) is 32.1 Å². The van der Waals surface area contributed by atoms with Gasteiger partial charge in [-0.15, -0.1) is 0 Å². The van der Waals surface area contributed by atoms with E-state index in [9.17, 15) is 5.11 Å². The summed E-state index contributed by atoms with van der Waals surface area (Å²) in [6.45, 7) is 5.92. The number of benzene rings is 1. The molecule has 118 valence electrons. The minimum absolute atomic E-state index is 0.467. The topological polar surface area (TPSA) is 49.5 Å². The molecular weight excluding hydrogens is 328 g/mol. The Kier molecular flexibility index (Phi) is 6.08. The van der Waals surface area contributed by atoms with Crippen LogP contribution in [0.4, 0.5) is 5.69 Å². The molecule has 1 aliphatic rings. The van der Waals surface area contributed by atoms with Crippen molar-refractivity contribution in [3.8, 4) is 0 Å². The number of aliphatic hydroxyl groups is 1. The number of hydrogen-bond acceptors (Lipinski definition) is 3. The first-order valence-electron chi connectivity index (χ1n) is 8.02. The number of rotatable bonds is 5. The maximum absolute atomic E-state index is 9.83. The highest BCUT2D eigenvalue weighted by atomic mass is 79.9. The summed E-state index contributed by atoms with van der Waals surface area (Å²) in [5, 5.41) is 9.83. The minimum Gasteiger partial charge on any atom is -0.398 e. The van der Waals surface area contributed by atoms with Gasteiger partial charge in [-0.1, -0.05) is 26.2 Å². The Labute approximate surface area is 136 Å². The van der Waals surface area contributed by atoms with E-state index in [-0.39, 0.29) is 0 Å². The van der Waals surface area contributed by atoms with Crippen molar-refractivity contribution in [3.63, 3.8) is 0 Å². The lowest BCUT2D eigenvalue weighted by atomic mass is 9.93. The predicted molar refractivity (Wildman–Crippen MR) is 92.1 cm³/mol. The highest BCUT2D eigenvalue weighted by Crippen LogP contribution is 2.31. The van der Waals surface area contributed by atoms with E-state index in [1.54, 1.807) is 6.92 Å². The normalized spacial score (nSPS) is 18.1. The fraction of sp³-hybridized carbons (Fsp3) is 0.647. The zero-order valence-electron chi connectivity index (χ0n) is 13.1. The SMILES string of the molecule is CCN(Cc1cc(C(C)O)cc(Br)c1N)C1CCCCC1. The summed E-state index contributed by atoms with van der Waals surface area (Å²) in [6.07, 6.45) is 6.18. The van der Waals surface area contributed by atoms with Gasteiger partial charge < -0.3 is 10.8 Å². The molecule has 0 saturated heterocycles. The molecule has 1 fully saturated rings. The number of hydrogen-bond donors (Lipinski definition) is 2. The van der Waals surface area contributed by atoms with Crippen molar-refractivity contribution in [3.05, 3.63) is 27.7 Å². The number of nitrogen functional groups attached to an aromatic ring is 1. The average Bonchev–Trinajstić information content (AvgIpc) is 2.49. The third-order valence-electron chi connectivity index (χ3n) is 4.59. The number of nitrogens with two attached hydrogens (primary N) is 1. The standard InChI is InChI=1S/C17H27BrN2O/c1-3-20(15-7-5-4-6-8-15)11-14-9-13(12(2)21)10-16(18)17(14)19/h9-10,12,15,21H,3-8,11,19H2,1-2H3. The van der Waals surface area contributed by atoms with Crippen LogP contribution in [0, 0.1) is 0 Å². The van der Waals surface area contributed by atoms with E-state index in [4.69, 9.17) is 5.73 Å². The number of anilines is 1. The zero-order valence-corrected chi connectivity index (χ0v) is 14.7. The first kappa shape index (κ1) is 16.8. The number of halogens is 1. The van der Waals surface area contributed by atoms with Crippen LogP contribution in [-0.4, -0.2) is 22.6 Å². The molecule has 1 saturated carbocycles. The second-order valence-electron chi connectivity index (χ2n) is 6.11. The molecule has 0 amide bonds. The van der Waals surface area contributed by atoms with Crippen molar-refractivity contribution in [2.24, 2.45) is 0 Å². The van der Waals surface area contributed by atoms with Gasteiger partial charge >= 0.3 is 0 Å². The molecule has 1 aromatic carbocycles. The summed E-state index contributed by atoms with van der Waals surface area (Å²) in [4.78, 5) is 2.53. The smallest absolute Gasteiger partial charge is 0.0762 e. The lowest BCUT2D eigenvalue weighted by Crippen LogP contribution is -2.36. The Morgan fingerprint density at radius 2 is 2.00 bits per heavy atom. The van der Waals surface area contributed by atoms with Crippen molar-refractivity contribution in [1.29, 1.82) is 0 Å². The second kappa shape index (κ2) is 7.61. The quantitative estimate of drug-likeness (QED) is 0.777. The van der Waals surface area contributed by atoms with Gasteiger partial charge in [-0.2, -0.15) is 0 Å². The first-order chi connectivity index (χ1) is 10.0. The molecule has 3 N–H and O–H groups in total. The fourth-order valence-corrected chi connectivity index (χ4v) is 3.75. The van der Waals surface area contributed by atoms with E-state index in [0.717, 1.165) is 34.4 Å². The maximum atomic E-state index is 9.83. The van der Waals surface area contributed by atoms with Crippen molar-refractivity contribution >= 4 is 21.6 Å². The summed E-state index contributed by atoms with van der Waals surface area (Å²) in [6, 6.07) is 4.65. The maximum Gasteiger partial charge on any atom is 0.0762 e. The van der Waals surface area contributed by atoms with Crippen LogP contribution in [0.3, 0.4) is 0 Å². The molecule has 1 aromatic rings. The molecule has 4 heteroatoms. The van der Waals surface area contributed by atoms with Gasteiger partial charge in [0.1, 0.15) is 0 Å². The van der Waals surface area contributed by atoms with Crippen LogP contribution in [0.2, 0.25) is 0 Å². The Morgan fingerprint density at radius 3 is 2.57 bits per heavy atom. The van der Waals surface area contributed by atoms with Crippen LogP contribution >= 0.6 is 15.9 Å². The lowest BCUT2D eigenvalue weighted by molar-refractivity contribution is 0.156. The third kappa shape index (κ3) is 4.21. The van der Waals surface area contributed by atoms with Gasteiger partial charge in [0.2, 0.25) is 0 Å². The van der Waals surface area contributed by atoms with Crippen molar-refractivity contribution < 1.29 is 5.11 Å². The van der Waals surface area contributed by atoms with Gasteiger partial charge in [0.25, 0.3) is 0 Å². The average molecular weight is 355 g/mol. The largest absolute Gasteiger partial charge is 0.398 e. The van der Waals surface area contributed by atoms with Gasteiger partial charge in [-0.3, -0.25) is 4.90 Å². The van der Waals surface area contributed by atoms with E-state index in [2.05, 4.69) is 33.8 Å². The molecule has 0 bridgehead atoms. The molecule has 1 atom stereocenters. The van der Waals surface area contributed by atoms with Crippen molar-refractivity contribution in [2.75, 3.05) is 12.3 Å². The predicted octanol–water partition coefficient (Wildman–Crippen LogP) is 4.24. The molecule has 2 rings (SSSR count). The molecule has 21 heavy (non-hydrogen) atoms. The van der Waals surface area contributed by atoms with Crippen LogP contribution in [-0.2, 0) is 6.54 Å². The monoisotopic (exact) mass is 354 g/mol. The lowest BCUT2D eigenvalue weighted by Gasteiger charge is -2.34. The van der Waals surface area contributed by atoms with Gasteiger partial charge in [0.15, 0.2) is 0 Å². The third-order valence-corrected chi connectivity index (χ3v) is 5.25. The van der Waals surface area contributed by atoms with Crippen molar-refractivity contribution in [1.82, 2.24) is 4.90 Å². The van der Waals surface area contributed by atoms with Crippen LogP contribution in [0.1, 0.15) is 63.2 Å². The van der Waals surface area contributed by atoms with Crippen LogP contribution in [0.5, 0.6) is 0 Å². The van der Waals surface area contributed by atoms with Crippen LogP contribution < -0.4 is 5.73 Å². The van der Waals surface area contributed by atoms with Gasteiger partial charge in [-0.05, 0) is 65.5 Å². The molecule has 3 nitrogen and oxygen atoms in total. The summed E-state index contributed by atoms with van der Waals surface area (Å²) >= 11 is 3.52. The van der Waals surface area contributed by atoms with Crippen molar-refractivity contribution in [2.45, 2.75) is 64.6 Å². The molecule has 1 aliphatic carbocycles. The van der Waals surface area contributed by atoms with Gasteiger partial charge in [0, 0.05) is 17.1 Å². The minimum atomic E-state index is -0.467. The van der Waals surface area contributed by atoms with E-state index < -0.39 is 6.10 Å². The Balaban J connectivity index is 2.19. The molecule has 0 aliphatic heterocycles. The summed E-state index contributed by atoms with van der Waals surface area (Å²) < 4.78 is 0.885. The Morgan fingerprint density at radius 1 is 1.33 bits per heavy atom. The Hall–Kier alpha value is -0.580.